The standard InChI is InChI=1S/C32H38N10O6.C7H10N2O/c1-5-42-23(13-18(2)39-42)30(46)38-32-37-21-14-19(28(33)44)16-24(47-4)26(21)41(32)10-7-6-9-40-27-22(36-31(40)35-3)15-20(29(34)45)17-25(27)48-12-8-11-43;1-3-9-7(5-10)4-6(2)8-9/h6-7,13-17,43H,5,8-12H2,1-4H3,(H2,33,44)(H2,34,45)(H,35,36)(H,37,38,46);4-5H,3H2,1-2H3/b7-6+;. The lowest BCUT2D eigenvalue weighted by molar-refractivity contribution is 0.0991. The van der Waals surface area contributed by atoms with Crippen LogP contribution in [0.1, 0.15) is 73.3 Å². The SMILES string of the molecule is CCn1nc(C)cc1C(=O)Nc1nc2cc(C(N)=O)cc(OC)c2n1C/C=C/Cn1c(NC)nc2cc(C(N)=O)cc(OCCCO)c21.CCn1nc(C)cc1C=O. The Hall–Kier alpha value is -7.02. The molecule has 7 N–H and O–H groups in total. The number of aromatic nitrogens is 8. The number of nitrogens with one attached hydrogen (secondary N) is 2. The number of carbonyl (C=O) groups excluding carboxylic acids is 4. The van der Waals surface area contributed by atoms with Crippen LogP contribution in [0.2, 0.25) is 0 Å². The van der Waals surface area contributed by atoms with Gasteiger partial charge in [-0.1, -0.05) is 12.2 Å². The molecule has 0 unspecified atom stereocenters. The summed E-state index contributed by atoms with van der Waals surface area (Å²) in [7, 11) is 3.20. The lowest BCUT2D eigenvalue weighted by Crippen LogP contribution is -2.20. The fraction of sp³-hybridized carbons (Fsp3) is 0.333. The molecule has 306 valence electrons. The van der Waals surface area contributed by atoms with Gasteiger partial charge in [-0.2, -0.15) is 10.2 Å². The number of anilines is 2. The van der Waals surface area contributed by atoms with E-state index < -0.39 is 17.7 Å². The third kappa shape index (κ3) is 9.15. The van der Waals surface area contributed by atoms with Crippen LogP contribution in [0.4, 0.5) is 11.9 Å². The molecule has 6 rings (SSSR count). The summed E-state index contributed by atoms with van der Waals surface area (Å²) in [4.78, 5) is 57.1. The quantitative estimate of drug-likeness (QED) is 0.0506. The number of hydrogen-bond acceptors (Lipinski definition) is 12. The summed E-state index contributed by atoms with van der Waals surface area (Å²) in [5.41, 5.74) is 16.3. The summed E-state index contributed by atoms with van der Waals surface area (Å²) in [6, 6.07) is 9.71. The van der Waals surface area contributed by atoms with E-state index in [0.717, 1.165) is 18.5 Å². The molecule has 0 aliphatic heterocycles. The predicted octanol–water partition coefficient (Wildman–Crippen LogP) is 3.45. The number of nitrogens with zero attached hydrogens (tertiary/aromatic N) is 8. The smallest absolute Gasteiger partial charge is 0.276 e. The second-order valence-electron chi connectivity index (χ2n) is 12.9. The number of nitrogens with two attached hydrogens (primary N) is 2. The Kier molecular flexibility index (Phi) is 13.6. The van der Waals surface area contributed by atoms with E-state index in [4.69, 9.17) is 20.9 Å². The average molecular weight is 797 g/mol. The summed E-state index contributed by atoms with van der Waals surface area (Å²) in [5.74, 6) is -0.166. The van der Waals surface area contributed by atoms with Crippen LogP contribution in [-0.2, 0) is 26.2 Å². The number of allylic oxidation sites excluding steroid dienone is 2. The van der Waals surface area contributed by atoms with E-state index in [1.807, 2.05) is 44.4 Å². The third-order valence-electron chi connectivity index (χ3n) is 8.94. The molecule has 0 spiro atoms. The van der Waals surface area contributed by atoms with E-state index in [1.165, 1.54) is 13.2 Å². The first kappa shape index (κ1) is 42.1. The molecule has 19 heteroatoms. The number of aliphatic hydroxyl groups is 1. The highest BCUT2D eigenvalue weighted by molar-refractivity contribution is 6.04. The number of aliphatic hydroxyl groups excluding tert-OH is 1. The number of hydrogen-bond donors (Lipinski definition) is 5. The van der Waals surface area contributed by atoms with Crippen LogP contribution in [0.3, 0.4) is 0 Å². The van der Waals surface area contributed by atoms with Gasteiger partial charge in [0.2, 0.25) is 23.7 Å². The van der Waals surface area contributed by atoms with Crippen LogP contribution < -0.4 is 31.6 Å². The van der Waals surface area contributed by atoms with Gasteiger partial charge in [-0.25, -0.2) is 9.97 Å². The van der Waals surface area contributed by atoms with E-state index in [2.05, 4.69) is 30.8 Å². The Bertz CT molecular complexity index is 2490. The molecule has 0 aliphatic rings. The Morgan fingerprint density at radius 3 is 1.90 bits per heavy atom. The lowest BCUT2D eigenvalue weighted by Gasteiger charge is -2.12. The van der Waals surface area contributed by atoms with Crippen molar-refractivity contribution in [2.45, 2.75) is 60.3 Å². The van der Waals surface area contributed by atoms with Crippen molar-refractivity contribution in [3.8, 4) is 11.5 Å². The number of rotatable bonds is 17. The number of benzene rings is 2. The zero-order valence-electron chi connectivity index (χ0n) is 33.3. The van der Waals surface area contributed by atoms with Crippen molar-refractivity contribution in [3.05, 3.63) is 82.5 Å². The first-order valence-electron chi connectivity index (χ1n) is 18.5. The first-order valence-corrected chi connectivity index (χ1v) is 18.5. The van der Waals surface area contributed by atoms with Gasteiger partial charge in [0.05, 0.1) is 36.1 Å². The Balaban J connectivity index is 0.000000559. The molecule has 0 bridgehead atoms. The summed E-state index contributed by atoms with van der Waals surface area (Å²) >= 11 is 0. The van der Waals surface area contributed by atoms with Gasteiger partial charge in [0.25, 0.3) is 5.91 Å². The van der Waals surface area contributed by atoms with Crippen molar-refractivity contribution in [1.82, 2.24) is 38.7 Å². The molecule has 3 amide bonds. The highest BCUT2D eigenvalue weighted by Crippen LogP contribution is 2.33. The number of methoxy groups -OCH3 is 1. The van der Waals surface area contributed by atoms with Gasteiger partial charge in [-0.05, 0) is 64.1 Å². The minimum absolute atomic E-state index is 0.0513. The van der Waals surface area contributed by atoms with Crippen molar-refractivity contribution < 1.29 is 33.8 Å². The Morgan fingerprint density at radius 1 is 0.810 bits per heavy atom. The minimum atomic E-state index is -0.645. The Morgan fingerprint density at radius 2 is 1.36 bits per heavy atom. The molecule has 0 radical (unpaired) electrons. The van der Waals surface area contributed by atoms with E-state index >= 15 is 0 Å². The van der Waals surface area contributed by atoms with E-state index in [0.29, 0.717) is 76.1 Å². The molecule has 58 heavy (non-hydrogen) atoms. The molecule has 2 aromatic carbocycles. The molecule has 0 fully saturated rings. The summed E-state index contributed by atoms with van der Waals surface area (Å²) in [6.07, 6.45) is 5.01. The van der Waals surface area contributed by atoms with Crippen LogP contribution in [0.15, 0.2) is 48.6 Å². The third-order valence-corrected chi connectivity index (χ3v) is 8.94. The maximum Gasteiger partial charge on any atom is 0.276 e. The van der Waals surface area contributed by atoms with E-state index in [1.54, 1.807) is 51.3 Å². The van der Waals surface area contributed by atoms with Crippen LogP contribution in [0, 0.1) is 13.8 Å². The number of aldehydes is 1. The second kappa shape index (κ2) is 18.7. The second-order valence-corrected chi connectivity index (χ2v) is 12.9. The molecule has 6 aromatic rings. The number of amides is 3. The molecule has 19 nitrogen and oxygen atoms in total. The molecule has 0 saturated heterocycles. The van der Waals surface area contributed by atoms with Crippen LogP contribution in [0.5, 0.6) is 11.5 Å². The van der Waals surface area contributed by atoms with Gasteiger partial charge in [0.15, 0.2) is 6.29 Å². The topological polar surface area (TPSA) is 254 Å². The van der Waals surface area contributed by atoms with Crippen LogP contribution >= 0.6 is 0 Å². The van der Waals surface area contributed by atoms with Crippen LogP contribution in [0.25, 0.3) is 22.1 Å². The maximum atomic E-state index is 13.4. The number of ether oxygens (including phenoxy) is 2. The van der Waals surface area contributed by atoms with Crippen molar-refractivity contribution in [3.63, 3.8) is 0 Å². The van der Waals surface area contributed by atoms with Crippen molar-refractivity contribution in [1.29, 1.82) is 0 Å². The van der Waals surface area contributed by atoms with Gasteiger partial charge < -0.3 is 40.5 Å². The lowest BCUT2D eigenvalue weighted by atomic mass is 10.1. The summed E-state index contributed by atoms with van der Waals surface area (Å²) < 4.78 is 18.5. The van der Waals surface area contributed by atoms with Crippen molar-refractivity contribution in [2.24, 2.45) is 11.5 Å². The van der Waals surface area contributed by atoms with E-state index in [9.17, 15) is 24.3 Å². The first-order chi connectivity index (χ1) is 27.9. The number of aryl methyl sites for hydroxylation is 4. The molecule has 4 aromatic heterocycles. The van der Waals surface area contributed by atoms with Gasteiger partial charge in [0, 0.05) is 57.4 Å². The van der Waals surface area contributed by atoms with Crippen molar-refractivity contribution >= 4 is 58.0 Å². The van der Waals surface area contributed by atoms with E-state index in [-0.39, 0.29) is 36.8 Å². The zero-order chi connectivity index (χ0) is 42.1. The minimum Gasteiger partial charge on any atom is -0.494 e. The van der Waals surface area contributed by atoms with Gasteiger partial charge in [0.1, 0.15) is 33.9 Å². The Labute approximate surface area is 333 Å². The highest BCUT2D eigenvalue weighted by Gasteiger charge is 2.22. The molecular weight excluding hydrogens is 749 g/mol. The average Bonchev–Trinajstić information content (AvgIpc) is 3.98. The largest absolute Gasteiger partial charge is 0.494 e. The zero-order valence-corrected chi connectivity index (χ0v) is 33.3. The molecular formula is C39H48N12O7. The predicted molar refractivity (Wildman–Crippen MR) is 218 cm³/mol. The molecule has 0 atom stereocenters. The number of primary amides is 2. The number of imidazole rings is 2. The van der Waals surface area contributed by atoms with Crippen LogP contribution in [-0.4, -0.2) is 95.1 Å². The molecule has 0 aliphatic carbocycles. The summed E-state index contributed by atoms with van der Waals surface area (Å²) in [5, 5.41) is 23.7. The van der Waals surface area contributed by atoms with Crippen molar-refractivity contribution in [2.75, 3.05) is 38.0 Å². The van der Waals surface area contributed by atoms with Gasteiger partial charge in [-0.3, -0.25) is 33.9 Å². The normalized spacial score (nSPS) is 11.2. The number of carbonyl (C=O) groups is 4. The fourth-order valence-corrected chi connectivity index (χ4v) is 6.31. The number of fused-ring (bicyclic) bond motifs is 2. The maximum absolute atomic E-state index is 13.4. The summed E-state index contributed by atoms with van der Waals surface area (Å²) in [6.45, 7) is 9.55. The highest BCUT2D eigenvalue weighted by atomic mass is 16.5. The van der Waals surface area contributed by atoms with Gasteiger partial charge in [-0.15, -0.1) is 0 Å². The fourth-order valence-electron chi connectivity index (χ4n) is 6.31. The van der Waals surface area contributed by atoms with Gasteiger partial charge >= 0.3 is 0 Å². The monoisotopic (exact) mass is 796 g/mol. The molecule has 4 heterocycles. The molecule has 0 saturated carbocycles.